The van der Waals surface area contributed by atoms with Crippen LogP contribution in [-0.4, -0.2) is 34.9 Å². The van der Waals surface area contributed by atoms with Crippen molar-refractivity contribution in [1.82, 2.24) is 10.2 Å². The van der Waals surface area contributed by atoms with Gasteiger partial charge in [-0.1, -0.05) is 40.9 Å². The first-order chi connectivity index (χ1) is 13.3. The lowest BCUT2D eigenvalue weighted by molar-refractivity contribution is -0.385. The summed E-state index contributed by atoms with van der Waals surface area (Å²) in [4.78, 5) is 25.3. The molecule has 148 valence electrons. The summed E-state index contributed by atoms with van der Waals surface area (Å²) in [6.07, 6.45) is 1.52. The Balaban J connectivity index is 1.56. The number of likely N-dealkylation sites (tertiary alicyclic amines) is 1. The predicted octanol–water partition coefficient (Wildman–Crippen LogP) is 4.95. The highest BCUT2D eigenvalue weighted by atomic mass is 35.5. The Kier molecular flexibility index (Phi) is 6.78. The van der Waals surface area contributed by atoms with E-state index in [-0.39, 0.29) is 22.3 Å². The number of hydrogen-bond acceptors (Lipinski definition) is 4. The molecule has 0 aliphatic carbocycles. The molecular weight excluding hydrogens is 425 g/mol. The Hall–Kier alpha value is -1.86. The molecule has 1 amide bonds. The molecule has 9 heteroatoms. The second-order valence-electron chi connectivity index (χ2n) is 6.69. The van der Waals surface area contributed by atoms with E-state index in [2.05, 4.69) is 10.2 Å². The highest BCUT2D eigenvalue weighted by Crippen LogP contribution is 2.25. The first-order valence-electron chi connectivity index (χ1n) is 8.74. The van der Waals surface area contributed by atoms with Crippen molar-refractivity contribution in [3.05, 3.63) is 72.7 Å². The summed E-state index contributed by atoms with van der Waals surface area (Å²) in [7, 11) is 0. The fourth-order valence-electron chi connectivity index (χ4n) is 3.24. The van der Waals surface area contributed by atoms with Gasteiger partial charge in [-0.05, 0) is 42.7 Å². The molecule has 2 aromatic carbocycles. The van der Waals surface area contributed by atoms with Crippen LogP contribution in [0.4, 0.5) is 5.69 Å². The van der Waals surface area contributed by atoms with Crippen molar-refractivity contribution in [1.29, 1.82) is 0 Å². The SMILES string of the molecule is O=C(NC1CCN(Cc2ccc(Cl)c(Cl)c2)CC1)c1ccc(Cl)cc1[N+](=O)[O-]. The maximum Gasteiger partial charge on any atom is 0.283 e. The molecule has 3 rings (SSSR count). The number of carbonyl (C=O) groups excluding carboxylic acids is 1. The van der Waals surface area contributed by atoms with Gasteiger partial charge in [-0.2, -0.15) is 0 Å². The molecule has 1 saturated heterocycles. The molecule has 28 heavy (non-hydrogen) atoms. The van der Waals surface area contributed by atoms with Crippen LogP contribution in [0.3, 0.4) is 0 Å². The Labute approximate surface area is 177 Å². The van der Waals surface area contributed by atoms with E-state index >= 15 is 0 Å². The van der Waals surface area contributed by atoms with E-state index in [1.54, 1.807) is 6.07 Å². The second kappa shape index (κ2) is 9.09. The summed E-state index contributed by atoms with van der Waals surface area (Å²) in [5, 5.41) is 15.4. The van der Waals surface area contributed by atoms with Crippen molar-refractivity contribution >= 4 is 46.4 Å². The summed E-state index contributed by atoms with van der Waals surface area (Å²) in [6, 6.07) is 9.60. The molecule has 0 spiro atoms. The number of nitrogens with one attached hydrogen (secondary N) is 1. The number of carbonyl (C=O) groups is 1. The minimum absolute atomic E-state index is 0.0210. The molecule has 0 aromatic heterocycles. The molecule has 1 heterocycles. The predicted molar refractivity (Wildman–Crippen MR) is 110 cm³/mol. The minimum Gasteiger partial charge on any atom is -0.349 e. The lowest BCUT2D eigenvalue weighted by Crippen LogP contribution is -2.44. The molecule has 1 N–H and O–H groups in total. The summed E-state index contributed by atoms with van der Waals surface area (Å²) >= 11 is 17.8. The topological polar surface area (TPSA) is 75.5 Å². The number of amides is 1. The van der Waals surface area contributed by atoms with Crippen molar-refractivity contribution in [3.8, 4) is 0 Å². The van der Waals surface area contributed by atoms with Crippen LogP contribution in [0, 0.1) is 10.1 Å². The van der Waals surface area contributed by atoms with Gasteiger partial charge in [0.15, 0.2) is 0 Å². The number of nitro benzene ring substituents is 1. The molecular formula is C19H18Cl3N3O3. The average molecular weight is 443 g/mol. The van der Waals surface area contributed by atoms with E-state index in [1.165, 1.54) is 18.2 Å². The molecule has 0 bridgehead atoms. The highest BCUT2D eigenvalue weighted by Gasteiger charge is 2.25. The van der Waals surface area contributed by atoms with Crippen LogP contribution in [0.5, 0.6) is 0 Å². The van der Waals surface area contributed by atoms with Crippen molar-refractivity contribution in [2.24, 2.45) is 0 Å². The number of halogens is 3. The second-order valence-corrected chi connectivity index (χ2v) is 7.94. The Morgan fingerprint density at radius 1 is 1.11 bits per heavy atom. The average Bonchev–Trinajstić information content (AvgIpc) is 2.66. The van der Waals surface area contributed by atoms with Crippen LogP contribution >= 0.6 is 34.8 Å². The van der Waals surface area contributed by atoms with Gasteiger partial charge in [0.05, 0.1) is 15.0 Å². The first-order valence-corrected chi connectivity index (χ1v) is 9.88. The standard InChI is InChI=1S/C19H18Cl3N3O3/c20-13-2-3-15(18(10-13)25(27)28)19(26)23-14-5-7-24(8-6-14)11-12-1-4-16(21)17(22)9-12/h1-4,9-10,14H,5-8,11H2,(H,23,26). The molecule has 6 nitrogen and oxygen atoms in total. The van der Waals surface area contributed by atoms with Crippen molar-refractivity contribution < 1.29 is 9.72 Å². The van der Waals surface area contributed by atoms with Crippen molar-refractivity contribution in [2.75, 3.05) is 13.1 Å². The maximum atomic E-state index is 12.5. The van der Waals surface area contributed by atoms with Gasteiger partial charge in [0, 0.05) is 36.8 Å². The van der Waals surface area contributed by atoms with Crippen LogP contribution in [0.25, 0.3) is 0 Å². The fraction of sp³-hybridized carbons (Fsp3) is 0.316. The zero-order valence-electron chi connectivity index (χ0n) is 14.8. The molecule has 0 unspecified atom stereocenters. The quantitative estimate of drug-likeness (QED) is 0.525. The number of rotatable bonds is 5. The number of nitro groups is 1. The van der Waals surface area contributed by atoms with Gasteiger partial charge < -0.3 is 5.32 Å². The largest absolute Gasteiger partial charge is 0.349 e. The van der Waals surface area contributed by atoms with Gasteiger partial charge in [-0.3, -0.25) is 19.8 Å². The van der Waals surface area contributed by atoms with E-state index in [0.29, 0.717) is 10.0 Å². The lowest BCUT2D eigenvalue weighted by Gasteiger charge is -2.32. The van der Waals surface area contributed by atoms with Gasteiger partial charge in [0.25, 0.3) is 11.6 Å². The Bertz CT molecular complexity index is 899. The van der Waals surface area contributed by atoms with Crippen molar-refractivity contribution in [2.45, 2.75) is 25.4 Å². The fourth-order valence-corrected chi connectivity index (χ4v) is 3.73. The van der Waals surface area contributed by atoms with Crippen LogP contribution in [0.1, 0.15) is 28.8 Å². The summed E-state index contributed by atoms with van der Waals surface area (Å²) in [5.74, 6) is -0.453. The van der Waals surface area contributed by atoms with Gasteiger partial charge in [0.1, 0.15) is 5.56 Å². The van der Waals surface area contributed by atoms with Gasteiger partial charge >= 0.3 is 0 Å². The minimum atomic E-state index is -0.597. The molecule has 0 atom stereocenters. The Morgan fingerprint density at radius 3 is 2.46 bits per heavy atom. The molecule has 2 aromatic rings. The molecule has 1 aliphatic heterocycles. The van der Waals surface area contributed by atoms with Crippen LogP contribution in [0.2, 0.25) is 15.1 Å². The molecule has 1 aliphatic rings. The van der Waals surface area contributed by atoms with Gasteiger partial charge in [-0.15, -0.1) is 0 Å². The van der Waals surface area contributed by atoms with E-state index in [0.717, 1.165) is 38.0 Å². The van der Waals surface area contributed by atoms with Crippen molar-refractivity contribution in [3.63, 3.8) is 0 Å². The van der Waals surface area contributed by atoms with E-state index < -0.39 is 10.8 Å². The summed E-state index contributed by atoms with van der Waals surface area (Å²) in [5.41, 5.74) is 0.809. The van der Waals surface area contributed by atoms with Gasteiger partial charge in [0.2, 0.25) is 0 Å². The number of hydrogen-bond donors (Lipinski definition) is 1. The zero-order valence-corrected chi connectivity index (χ0v) is 17.1. The third-order valence-corrected chi connectivity index (χ3v) is 5.69. The third kappa shape index (κ3) is 5.14. The molecule has 0 saturated carbocycles. The number of piperidine rings is 1. The maximum absolute atomic E-state index is 12.5. The van der Waals surface area contributed by atoms with E-state index in [4.69, 9.17) is 34.8 Å². The normalized spacial score (nSPS) is 15.4. The first kappa shape index (κ1) is 20.9. The van der Waals surface area contributed by atoms with Gasteiger partial charge in [-0.25, -0.2) is 0 Å². The smallest absolute Gasteiger partial charge is 0.283 e. The van der Waals surface area contributed by atoms with Crippen LogP contribution in [-0.2, 0) is 6.54 Å². The van der Waals surface area contributed by atoms with E-state index in [9.17, 15) is 14.9 Å². The highest BCUT2D eigenvalue weighted by molar-refractivity contribution is 6.42. The molecule has 0 radical (unpaired) electrons. The lowest BCUT2D eigenvalue weighted by atomic mass is 10.0. The molecule has 1 fully saturated rings. The number of nitrogens with zero attached hydrogens (tertiary/aromatic N) is 2. The monoisotopic (exact) mass is 441 g/mol. The zero-order chi connectivity index (χ0) is 20.3. The van der Waals surface area contributed by atoms with E-state index in [1.807, 2.05) is 12.1 Å². The summed E-state index contributed by atoms with van der Waals surface area (Å²) in [6.45, 7) is 2.35. The van der Waals surface area contributed by atoms with Crippen LogP contribution < -0.4 is 5.32 Å². The third-order valence-electron chi connectivity index (χ3n) is 4.71. The Morgan fingerprint density at radius 2 is 1.82 bits per heavy atom. The number of benzene rings is 2. The summed E-state index contributed by atoms with van der Waals surface area (Å²) < 4.78 is 0. The van der Waals surface area contributed by atoms with Crippen LogP contribution in [0.15, 0.2) is 36.4 Å².